The molecule has 1 heterocycles. The van der Waals surface area contributed by atoms with Crippen LogP contribution in [0.3, 0.4) is 0 Å². The molecule has 5 heteroatoms. The number of carbonyl (C=O) groups is 1. The molecule has 0 radical (unpaired) electrons. The van der Waals surface area contributed by atoms with E-state index in [9.17, 15) is 9.90 Å². The van der Waals surface area contributed by atoms with E-state index in [1.165, 1.54) is 0 Å². The Balaban J connectivity index is 1.86. The minimum Gasteiger partial charge on any atom is -0.478 e. The van der Waals surface area contributed by atoms with E-state index in [0.29, 0.717) is 23.6 Å². The predicted molar refractivity (Wildman–Crippen MR) is 89.0 cm³/mol. The molecule has 2 aromatic carbocycles. The molecule has 0 unspecified atom stereocenters. The Bertz CT molecular complexity index is 842. The Hall–Kier alpha value is -2.59. The van der Waals surface area contributed by atoms with Gasteiger partial charge in [0.2, 0.25) is 0 Å². The highest BCUT2D eigenvalue weighted by Crippen LogP contribution is 2.16. The summed E-state index contributed by atoms with van der Waals surface area (Å²) >= 11 is 6.02. The lowest BCUT2D eigenvalue weighted by molar-refractivity contribution is 0.0695. The van der Waals surface area contributed by atoms with Crippen LogP contribution in [0.5, 0.6) is 0 Å². The van der Waals surface area contributed by atoms with Crippen molar-refractivity contribution in [1.29, 1.82) is 0 Å². The number of imidazole rings is 1. The van der Waals surface area contributed by atoms with Crippen molar-refractivity contribution in [3.8, 4) is 0 Å². The molecule has 0 atom stereocenters. The van der Waals surface area contributed by atoms with Crippen LogP contribution in [0, 0.1) is 0 Å². The third-order valence-electron chi connectivity index (χ3n) is 3.64. The average Bonchev–Trinajstić information content (AvgIpc) is 2.94. The van der Waals surface area contributed by atoms with Crippen molar-refractivity contribution in [2.45, 2.75) is 13.0 Å². The molecule has 3 rings (SSSR count). The zero-order chi connectivity index (χ0) is 16.2. The molecule has 4 nitrogen and oxygen atoms in total. The zero-order valence-electron chi connectivity index (χ0n) is 12.3. The molecule has 0 fully saturated rings. The lowest BCUT2D eigenvalue weighted by Crippen LogP contribution is -2.09. The Morgan fingerprint density at radius 2 is 2.00 bits per heavy atom. The molecule has 0 bridgehead atoms. The van der Waals surface area contributed by atoms with E-state index in [1.54, 1.807) is 18.3 Å². The van der Waals surface area contributed by atoms with Crippen molar-refractivity contribution in [2.24, 2.45) is 0 Å². The second-order valence-electron chi connectivity index (χ2n) is 5.24. The maximum Gasteiger partial charge on any atom is 0.336 e. The van der Waals surface area contributed by atoms with E-state index in [-0.39, 0.29) is 0 Å². The van der Waals surface area contributed by atoms with Crippen molar-refractivity contribution in [3.63, 3.8) is 0 Å². The maximum absolute atomic E-state index is 11.3. The van der Waals surface area contributed by atoms with E-state index in [4.69, 9.17) is 11.6 Å². The van der Waals surface area contributed by atoms with Crippen molar-refractivity contribution in [2.75, 3.05) is 0 Å². The number of aromatic carboxylic acids is 1. The van der Waals surface area contributed by atoms with Gasteiger partial charge in [-0.15, -0.1) is 0 Å². The van der Waals surface area contributed by atoms with Gasteiger partial charge in [-0.1, -0.05) is 41.9 Å². The maximum atomic E-state index is 11.3. The number of aromatic nitrogens is 2. The minimum absolute atomic E-state index is 0.315. The van der Waals surface area contributed by atoms with Gasteiger partial charge in [0.25, 0.3) is 0 Å². The highest BCUT2D eigenvalue weighted by Gasteiger charge is 2.11. The Morgan fingerprint density at radius 3 is 2.78 bits per heavy atom. The van der Waals surface area contributed by atoms with Gasteiger partial charge in [0, 0.05) is 30.4 Å². The summed E-state index contributed by atoms with van der Waals surface area (Å²) in [5.41, 5.74) is 2.14. The normalized spacial score (nSPS) is 10.7. The molecule has 116 valence electrons. The topological polar surface area (TPSA) is 55.1 Å². The van der Waals surface area contributed by atoms with Gasteiger partial charge in [0.1, 0.15) is 5.82 Å². The summed E-state index contributed by atoms with van der Waals surface area (Å²) in [5, 5.41) is 9.98. The molecule has 23 heavy (non-hydrogen) atoms. The summed E-state index contributed by atoms with van der Waals surface area (Å²) < 4.78 is 1.96. The first-order valence-corrected chi connectivity index (χ1v) is 7.57. The fourth-order valence-corrected chi connectivity index (χ4v) is 2.74. The summed E-state index contributed by atoms with van der Waals surface area (Å²) in [5.74, 6) is -0.0513. The lowest BCUT2D eigenvalue weighted by atomic mass is 10.1. The Kier molecular flexibility index (Phi) is 4.44. The molecule has 1 aromatic heterocycles. The van der Waals surface area contributed by atoms with E-state index in [0.717, 1.165) is 17.0 Å². The van der Waals surface area contributed by atoms with E-state index < -0.39 is 5.97 Å². The second kappa shape index (κ2) is 6.67. The predicted octanol–water partition coefficient (Wildman–Crippen LogP) is 3.87. The van der Waals surface area contributed by atoms with Crippen molar-refractivity contribution in [3.05, 3.63) is 88.5 Å². The van der Waals surface area contributed by atoms with Gasteiger partial charge in [-0.25, -0.2) is 9.78 Å². The molecule has 0 saturated carbocycles. The van der Waals surface area contributed by atoms with Crippen LogP contribution < -0.4 is 0 Å². The number of halogens is 1. The standard InChI is InChI=1S/C18H15ClN2O2/c19-15-6-3-4-13(10-15)11-17-20-8-9-21(17)12-14-5-1-2-7-16(14)18(22)23/h1-10H,11-12H2,(H,22,23). The van der Waals surface area contributed by atoms with Crippen LogP contribution >= 0.6 is 11.6 Å². The van der Waals surface area contributed by atoms with E-state index in [2.05, 4.69) is 4.98 Å². The van der Waals surface area contributed by atoms with Crippen LogP contribution in [0.4, 0.5) is 0 Å². The monoisotopic (exact) mass is 326 g/mol. The van der Waals surface area contributed by atoms with Crippen molar-refractivity contribution >= 4 is 17.6 Å². The summed E-state index contributed by atoms with van der Waals surface area (Å²) in [6.07, 6.45) is 4.23. The van der Waals surface area contributed by atoms with Gasteiger partial charge in [0.05, 0.1) is 5.56 Å². The smallest absolute Gasteiger partial charge is 0.336 e. The molecule has 0 spiro atoms. The average molecular weight is 327 g/mol. The van der Waals surface area contributed by atoms with Gasteiger partial charge in [-0.05, 0) is 29.3 Å². The van der Waals surface area contributed by atoms with Gasteiger partial charge < -0.3 is 9.67 Å². The first-order chi connectivity index (χ1) is 11.1. The zero-order valence-corrected chi connectivity index (χ0v) is 13.1. The van der Waals surface area contributed by atoms with Crippen LogP contribution in [-0.4, -0.2) is 20.6 Å². The molecular formula is C18H15ClN2O2. The van der Waals surface area contributed by atoms with Crippen molar-refractivity contribution in [1.82, 2.24) is 9.55 Å². The summed E-state index contributed by atoms with van der Waals surface area (Å²) in [4.78, 5) is 15.7. The molecule has 0 aliphatic rings. The van der Waals surface area contributed by atoms with Crippen LogP contribution in [0.2, 0.25) is 5.02 Å². The molecule has 0 amide bonds. The summed E-state index contributed by atoms with van der Waals surface area (Å²) in [6, 6.07) is 14.7. The minimum atomic E-state index is -0.919. The van der Waals surface area contributed by atoms with E-state index in [1.807, 2.05) is 47.2 Å². The Morgan fingerprint density at radius 1 is 1.17 bits per heavy atom. The second-order valence-corrected chi connectivity index (χ2v) is 5.68. The quantitative estimate of drug-likeness (QED) is 0.774. The molecule has 3 aromatic rings. The Labute approximate surface area is 139 Å². The van der Waals surface area contributed by atoms with Crippen LogP contribution in [0.25, 0.3) is 0 Å². The van der Waals surface area contributed by atoms with Gasteiger partial charge in [-0.3, -0.25) is 0 Å². The molecule has 0 aliphatic carbocycles. The molecule has 0 aliphatic heterocycles. The van der Waals surface area contributed by atoms with Gasteiger partial charge in [0.15, 0.2) is 0 Å². The van der Waals surface area contributed by atoms with Crippen LogP contribution in [0.15, 0.2) is 60.9 Å². The van der Waals surface area contributed by atoms with Gasteiger partial charge >= 0.3 is 5.97 Å². The van der Waals surface area contributed by atoms with Gasteiger partial charge in [-0.2, -0.15) is 0 Å². The number of benzene rings is 2. The number of hydrogen-bond acceptors (Lipinski definition) is 2. The number of carboxylic acids is 1. The lowest BCUT2D eigenvalue weighted by Gasteiger charge is -2.10. The molecular weight excluding hydrogens is 312 g/mol. The number of rotatable bonds is 5. The van der Waals surface area contributed by atoms with Crippen LogP contribution in [-0.2, 0) is 13.0 Å². The third kappa shape index (κ3) is 3.60. The number of hydrogen-bond donors (Lipinski definition) is 1. The largest absolute Gasteiger partial charge is 0.478 e. The SMILES string of the molecule is O=C(O)c1ccccc1Cn1ccnc1Cc1cccc(Cl)c1. The highest BCUT2D eigenvalue weighted by molar-refractivity contribution is 6.30. The third-order valence-corrected chi connectivity index (χ3v) is 3.88. The van der Waals surface area contributed by atoms with Crippen molar-refractivity contribution < 1.29 is 9.90 Å². The van der Waals surface area contributed by atoms with Crippen LogP contribution in [0.1, 0.15) is 27.3 Å². The highest BCUT2D eigenvalue weighted by atomic mass is 35.5. The fraction of sp³-hybridized carbons (Fsp3) is 0.111. The molecule has 1 N–H and O–H groups in total. The first-order valence-electron chi connectivity index (χ1n) is 7.19. The molecule has 0 saturated heterocycles. The van der Waals surface area contributed by atoms with E-state index >= 15 is 0 Å². The summed E-state index contributed by atoms with van der Waals surface area (Å²) in [6.45, 7) is 0.471. The fourth-order valence-electron chi connectivity index (χ4n) is 2.53. The first kappa shape index (κ1) is 15.3. The number of nitrogens with zero attached hydrogens (tertiary/aromatic N) is 2. The number of carboxylic acid groups (broad SMARTS) is 1. The summed E-state index contributed by atoms with van der Waals surface area (Å²) in [7, 11) is 0.